The first-order valence-electron chi connectivity index (χ1n) is 9.42. The summed E-state index contributed by atoms with van der Waals surface area (Å²) in [4.78, 5) is 21.6. The number of piperazine rings is 1. The number of hydrogen-bond acceptors (Lipinski definition) is 5. The summed E-state index contributed by atoms with van der Waals surface area (Å²) in [7, 11) is 0. The zero-order chi connectivity index (χ0) is 19.3. The van der Waals surface area contributed by atoms with Crippen LogP contribution in [0.3, 0.4) is 0 Å². The van der Waals surface area contributed by atoms with Crippen LogP contribution in [0.15, 0.2) is 64.3 Å². The molecule has 28 heavy (non-hydrogen) atoms. The molecule has 6 heteroatoms. The maximum atomic E-state index is 12.6. The molecule has 0 radical (unpaired) electrons. The summed E-state index contributed by atoms with van der Waals surface area (Å²) in [5, 5.41) is 2.06. The van der Waals surface area contributed by atoms with E-state index in [2.05, 4.69) is 58.6 Å². The van der Waals surface area contributed by atoms with Gasteiger partial charge in [-0.15, -0.1) is 11.3 Å². The Balaban J connectivity index is 1.28. The van der Waals surface area contributed by atoms with Crippen molar-refractivity contribution in [1.29, 1.82) is 0 Å². The minimum atomic E-state index is 0.199. The fourth-order valence-corrected chi connectivity index (χ4v) is 5.06. The van der Waals surface area contributed by atoms with E-state index in [1.165, 1.54) is 23.0 Å². The highest BCUT2D eigenvalue weighted by Gasteiger charge is 2.21. The van der Waals surface area contributed by atoms with Crippen LogP contribution in [0, 0.1) is 6.92 Å². The second-order valence-electron chi connectivity index (χ2n) is 6.86. The van der Waals surface area contributed by atoms with Gasteiger partial charge in [-0.05, 0) is 24.6 Å². The van der Waals surface area contributed by atoms with E-state index in [1.54, 1.807) is 11.3 Å². The molecule has 144 valence electrons. The molecule has 0 unspecified atom stereocenters. The third kappa shape index (κ3) is 4.56. The minimum absolute atomic E-state index is 0.199. The van der Waals surface area contributed by atoms with Crippen molar-refractivity contribution >= 4 is 34.7 Å². The quantitative estimate of drug-likeness (QED) is 0.579. The Morgan fingerprint density at radius 3 is 2.61 bits per heavy atom. The van der Waals surface area contributed by atoms with Crippen molar-refractivity contribution in [2.75, 3.05) is 36.8 Å². The van der Waals surface area contributed by atoms with Crippen molar-refractivity contribution < 1.29 is 4.79 Å². The summed E-state index contributed by atoms with van der Waals surface area (Å²) in [5.74, 6) is 0.650. The number of hydrogen-bond donors (Lipinski definition) is 0. The van der Waals surface area contributed by atoms with Crippen LogP contribution in [-0.2, 0) is 4.79 Å². The highest BCUT2D eigenvalue weighted by molar-refractivity contribution is 8.01. The molecule has 0 bridgehead atoms. The van der Waals surface area contributed by atoms with Gasteiger partial charge in [-0.3, -0.25) is 4.79 Å². The van der Waals surface area contributed by atoms with E-state index in [1.807, 2.05) is 23.1 Å². The average Bonchev–Trinajstić information content (AvgIpc) is 3.22. The van der Waals surface area contributed by atoms with E-state index < -0.39 is 0 Å². The molecule has 0 spiro atoms. The van der Waals surface area contributed by atoms with Gasteiger partial charge in [-0.25, -0.2) is 4.98 Å². The third-order valence-electron chi connectivity index (χ3n) is 4.87. The van der Waals surface area contributed by atoms with Crippen LogP contribution in [0.1, 0.15) is 5.56 Å². The molecule has 4 nitrogen and oxygen atoms in total. The minimum Gasteiger partial charge on any atom is -0.368 e. The van der Waals surface area contributed by atoms with Crippen LogP contribution in [-0.4, -0.2) is 47.7 Å². The van der Waals surface area contributed by atoms with E-state index >= 15 is 0 Å². The molecule has 1 saturated heterocycles. The second kappa shape index (κ2) is 8.80. The summed E-state index contributed by atoms with van der Waals surface area (Å²) in [6, 6.07) is 18.7. The Morgan fingerprint density at radius 2 is 1.86 bits per heavy atom. The number of carbonyl (C=O) groups is 1. The lowest BCUT2D eigenvalue weighted by Gasteiger charge is -2.36. The zero-order valence-electron chi connectivity index (χ0n) is 15.9. The van der Waals surface area contributed by atoms with Crippen molar-refractivity contribution in [3.63, 3.8) is 0 Å². The standard InChI is InChI=1S/C22H23N3OS2/c1-17-6-5-9-19(14-17)24-10-12-25(13-11-24)21(26)16-28-22-23-20(15-27-22)18-7-3-2-4-8-18/h2-9,14-15H,10-13,16H2,1H3. The van der Waals surface area contributed by atoms with Gasteiger partial charge >= 0.3 is 0 Å². The Hall–Kier alpha value is -2.31. The highest BCUT2D eigenvalue weighted by atomic mass is 32.2. The molecule has 1 aromatic heterocycles. The topological polar surface area (TPSA) is 36.4 Å². The summed E-state index contributed by atoms with van der Waals surface area (Å²) in [6.07, 6.45) is 0. The summed E-state index contributed by atoms with van der Waals surface area (Å²) in [5.41, 5.74) is 4.61. The lowest BCUT2D eigenvalue weighted by Crippen LogP contribution is -2.49. The van der Waals surface area contributed by atoms with Crippen molar-refractivity contribution in [2.45, 2.75) is 11.3 Å². The van der Waals surface area contributed by atoms with Gasteiger partial charge < -0.3 is 9.80 Å². The maximum Gasteiger partial charge on any atom is 0.233 e. The smallest absolute Gasteiger partial charge is 0.233 e. The number of nitrogens with zero attached hydrogens (tertiary/aromatic N) is 3. The fraction of sp³-hybridized carbons (Fsp3) is 0.273. The van der Waals surface area contributed by atoms with Gasteiger partial charge in [0.1, 0.15) is 0 Å². The first kappa shape index (κ1) is 19.0. The monoisotopic (exact) mass is 409 g/mol. The second-order valence-corrected chi connectivity index (χ2v) is 8.94. The van der Waals surface area contributed by atoms with E-state index in [0.717, 1.165) is 41.8 Å². The molecule has 0 atom stereocenters. The number of anilines is 1. The zero-order valence-corrected chi connectivity index (χ0v) is 17.5. The van der Waals surface area contributed by atoms with Gasteiger partial charge in [0, 0.05) is 42.8 Å². The molecule has 2 heterocycles. The SMILES string of the molecule is Cc1cccc(N2CCN(C(=O)CSc3nc(-c4ccccc4)cs3)CC2)c1. The predicted molar refractivity (Wildman–Crippen MR) is 118 cm³/mol. The van der Waals surface area contributed by atoms with Crippen LogP contribution in [0.5, 0.6) is 0 Å². The fourth-order valence-electron chi connectivity index (χ4n) is 3.32. The number of benzene rings is 2. The lowest BCUT2D eigenvalue weighted by atomic mass is 10.2. The average molecular weight is 410 g/mol. The van der Waals surface area contributed by atoms with Gasteiger partial charge in [0.15, 0.2) is 4.34 Å². The summed E-state index contributed by atoms with van der Waals surface area (Å²) in [6.45, 7) is 5.44. The van der Waals surface area contributed by atoms with E-state index in [0.29, 0.717) is 5.75 Å². The number of thioether (sulfide) groups is 1. The third-order valence-corrected chi connectivity index (χ3v) is 6.88. The molecule has 1 fully saturated rings. The molecular formula is C22H23N3OS2. The number of rotatable bonds is 5. The number of carbonyl (C=O) groups excluding carboxylic acids is 1. The normalized spacial score (nSPS) is 14.3. The van der Waals surface area contributed by atoms with Crippen LogP contribution in [0.4, 0.5) is 5.69 Å². The van der Waals surface area contributed by atoms with Gasteiger partial charge in [0.25, 0.3) is 0 Å². The van der Waals surface area contributed by atoms with Gasteiger partial charge in [0.05, 0.1) is 11.4 Å². The Bertz CT molecular complexity index is 934. The molecule has 0 aliphatic carbocycles. The Kier molecular flexibility index (Phi) is 5.98. The van der Waals surface area contributed by atoms with Crippen molar-refractivity contribution in [2.24, 2.45) is 0 Å². The highest BCUT2D eigenvalue weighted by Crippen LogP contribution is 2.28. The first-order chi connectivity index (χ1) is 13.7. The number of aryl methyl sites for hydroxylation is 1. The van der Waals surface area contributed by atoms with Crippen molar-refractivity contribution in [1.82, 2.24) is 9.88 Å². The number of aromatic nitrogens is 1. The molecular weight excluding hydrogens is 386 g/mol. The Labute approximate surface area is 174 Å². The molecule has 0 N–H and O–H groups in total. The van der Waals surface area contributed by atoms with Gasteiger partial charge in [-0.1, -0.05) is 54.2 Å². The van der Waals surface area contributed by atoms with Crippen LogP contribution < -0.4 is 4.90 Å². The van der Waals surface area contributed by atoms with Crippen molar-refractivity contribution in [3.8, 4) is 11.3 Å². The van der Waals surface area contributed by atoms with Crippen LogP contribution in [0.25, 0.3) is 11.3 Å². The van der Waals surface area contributed by atoms with E-state index in [-0.39, 0.29) is 5.91 Å². The first-order valence-corrected chi connectivity index (χ1v) is 11.3. The molecule has 1 aliphatic rings. The Morgan fingerprint density at radius 1 is 1.07 bits per heavy atom. The van der Waals surface area contributed by atoms with E-state index in [4.69, 9.17) is 0 Å². The molecule has 1 amide bonds. The maximum absolute atomic E-state index is 12.6. The van der Waals surface area contributed by atoms with Gasteiger partial charge in [-0.2, -0.15) is 0 Å². The molecule has 1 aliphatic heterocycles. The van der Waals surface area contributed by atoms with E-state index in [9.17, 15) is 4.79 Å². The largest absolute Gasteiger partial charge is 0.368 e. The molecule has 2 aromatic carbocycles. The summed E-state index contributed by atoms with van der Waals surface area (Å²) < 4.78 is 0.950. The summed E-state index contributed by atoms with van der Waals surface area (Å²) >= 11 is 3.14. The number of amides is 1. The predicted octanol–water partition coefficient (Wildman–Crippen LogP) is 4.56. The molecule has 3 aromatic rings. The number of thiazole rings is 1. The lowest BCUT2D eigenvalue weighted by molar-refractivity contribution is -0.128. The van der Waals surface area contributed by atoms with Crippen LogP contribution in [0.2, 0.25) is 0 Å². The van der Waals surface area contributed by atoms with Crippen molar-refractivity contribution in [3.05, 3.63) is 65.5 Å². The van der Waals surface area contributed by atoms with Gasteiger partial charge in [0.2, 0.25) is 5.91 Å². The van der Waals surface area contributed by atoms with Crippen LogP contribution >= 0.6 is 23.1 Å². The molecule has 0 saturated carbocycles. The molecule has 4 rings (SSSR count).